The molecule has 2 N–H and O–H groups in total. The third-order valence-corrected chi connectivity index (χ3v) is 6.98. The van der Waals surface area contributed by atoms with Crippen LogP contribution >= 0.6 is 0 Å². The lowest BCUT2D eigenvalue weighted by atomic mass is 10.1. The molecule has 1 aromatic heterocycles. The van der Waals surface area contributed by atoms with Gasteiger partial charge in [-0.1, -0.05) is 0 Å². The Balaban J connectivity index is 1.78. The Morgan fingerprint density at radius 1 is 1.19 bits per heavy atom. The number of aryl methyl sites for hydroxylation is 1. The molecule has 1 aliphatic rings. The largest absolute Gasteiger partial charge is 0.506 e. The van der Waals surface area contributed by atoms with Crippen LogP contribution in [0.4, 0.5) is 21.6 Å². The number of benzene rings is 2. The molecule has 0 atom stereocenters. The maximum atomic E-state index is 13.2. The summed E-state index contributed by atoms with van der Waals surface area (Å²) in [6, 6.07) is 7.40. The zero-order valence-electron chi connectivity index (χ0n) is 14.8. The fourth-order valence-corrected chi connectivity index (χ4v) is 5.49. The van der Waals surface area contributed by atoms with Crippen molar-refractivity contribution in [3.8, 4) is 5.75 Å². The molecule has 2 heterocycles. The molecule has 0 spiro atoms. The van der Waals surface area contributed by atoms with Gasteiger partial charge in [-0.15, -0.1) is 0 Å². The third kappa shape index (κ3) is 3.57. The van der Waals surface area contributed by atoms with Crippen LogP contribution < -0.4 is 5.32 Å². The number of nitrogens with one attached hydrogen (secondary N) is 1. The second-order valence-corrected chi connectivity index (χ2v) is 9.19. The number of aromatic hydroxyl groups is 1. The van der Waals surface area contributed by atoms with Gasteiger partial charge in [0, 0.05) is 23.0 Å². The Kier molecular flexibility index (Phi) is 4.43. The molecule has 0 amide bonds. The number of fused-ring (bicyclic) bond motifs is 1. The molecule has 1 saturated heterocycles. The van der Waals surface area contributed by atoms with E-state index in [0.717, 1.165) is 29.9 Å². The smallest absolute Gasteiger partial charge is 0.142 e. The zero-order chi connectivity index (χ0) is 19.0. The van der Waals surface area contributed by atoms with Crippen LogP contribution in [0.1, 0.15) is 18.4 Å². The third-order valence-electron chi connectivity index (χ3n) is 4.58. The fraction of sp³-hybridized carbons (Fsp3) is 0.263. The number of phenolic OH excluding ortho intramolecular Hbond substituents is 1. The Hall–Kier alpha value is -2.74. The minimum atomic E-state index is -2.16. The first-order valence-electron chi connectivity index (χ1n) is 8.67. The average molecular weight is 386 g/mol. The van der Waals surface area contributed by atoms with Crippen LogP contribution in [0.15, 0.2) is 41.0 Å². The molecule has 0 saturated carbocycles. The molecule has 1 aliphatic heterocycles. The number of aromatic nitrogens is 2. The second-order valence-electron chi connectivity index (χ2n) is 6.64. The van der Waals surface area contributed by atoms with Gasteiger partial charge in [0.2, 0.25) is 0 Å². The molecule has 140 valence electrons. The van der Waals surface area contributed by atoms with Crippen molar-refractivity contribution >= 4 is 37.8 Å². The van der Waals surface area contributed by atoms with Crippen molar-refractivity contribution in [2.75, 3.05) is 16.8 Å². The van der Waals surface area contributed by atoms with E-state index in [9.17, 15) is 13.7 Å². The van der Waals surface area contributed by atoms with Gasteiger partial charge in [-0.2, -0.15) is 4.36 Å². The first kappa shape index (κ1) is 17.7. The van der Waals surface area contributed by atoms with Gasteiger partial charge >= 0.3 is 0 Å². The highest BCUT2D eigenvalue weighted by atomic mass is 32.2. The predicted octanol–water partition coefficient (Wildman–Crippen LogP) is 4.42. The number of anilines is 2. The highest BCUT2D eigenvalue weighted by molar-refractivity contribution is 7.93. The molecule has 0 bridgehead atoms. The van der Waals surface area contributed by atoms with E-state index in [4.69, 9.17) is 0 Å². The van der Waals surface area contributed by atoms with E-state index in [-0.39, 0.29) is 5.75 Å². The van der Waals surface area contributed by atoms with E-state index in [2.05, 4.69) is 19.6 Å². The summed E-state index contributed by atoms with van der Waals surface area (Å²) in [7, 11) is -2.16. The maximum Gasteiger partial charge on any atom is 0.142 e. The molecule has 6 nitrogen and oxygen atoms in total. The quantitative estimate of drug-likeness (QED) is 0.651. The van der Waals surface area contributed by atoms with Gasteiger partial charge in [-0.3, -0.25) is 0 Å². The molecule has 8 heteroatoms. The van der Waals surface area contributed by atoms with Crippen molar-refractivity contribution < 1.29 is 13.7 Å². The number of phenols is 1. The van der Waals surface area contributed by atoms with Crippen LogP contribution in [0.25, 0.3) is 10.9 Å². The normalized spacial score (nSPS) is 15.8. The molecule has 1 fully saturated rings. The zero-order valence-corrected chi connectivity index (χ0v) is 15.6. The van der Waals surface area contributed by atoms with Crippen LogP contribution in [0, 0.1) is 12.7 Å². The average Bonchev–Trinajstić information content (AvgIpc) is 3.03. The summed E-state index contributed by atoms with van der Waals surface area (Å²) in [5.74, 6) is 1.06. The first-order chi connectivity index (χ1) is 12.9. The summed E-state index contributed by atoms with van der Waals surface area (Å²) < 4.78 is 30.4. The predicted molar refractivity (Wildman–Crippen MR) is 105 cm³/mol. The summed E-state index contributed by atoms with van der Waals surface area (Å²) in [6.07, 6.45) is 3.31. The van der Waals surface area contributed by atoms with Crippen LogP contribution in [0.2, 0.25) is 0 Å². The van der Waals surface area contributed by atoms with Crippen molar-refractivity contribution in [1.29, 1.82) is 0 Å². The van der Waals surface area contributed by atoms with Crippen molar-refractivity contribution in [3.63, 3.8) is 0 Å². The van der Waals surface area contributed by atoms with Crippen molar-refractivity contribution in [3.05, 3.63) is 48.0 Å². The lowest BCUT2D eigenvalue weighted by Crippen LogP contribution is -2.00. The van der Waals surface area contributed by atoms with Crippen LogP contribution in [0.5, 0.6) is 5.75 Å². The van der Waals surface area contributed by atoms with E-state index in [1.807, 2.05) is 13.0 Å². The minimum absolute atomic E-state index is 0.204. The Morgan fingerprint density at radius 2 is 1.96 bits per heavy atom. The van der Waals surface area contributed by atoms with Gasteiger partial charge in [0.25, 0.3) is 0 Å². The highest BCUT2D eigenvalue weighted by Crippen LogP contribution is 2.33. The summed E-state index contributed by atoms with van der Waals surface area (Å²) in [5.41, 5.74) is 2.53. The minimum Gasteiger partial charge on any atom is -0.506 e. The van der Waals surface area contributed by atoms with E-state index in [0.29, 0.717) is 34.2 Å². The lowest BCUT2D eigenvalue weighted by Gasteiger charge is -2.12. The molecular formula is C19H19FN4O2S. The van der Waals surface area contributed by atoms with Crippen molar-refractivity contribution in [2.24, 2.45) is 4.36 Å². The van der Waals surface area contributed by atoms with Crippen LogP contribution in [-0.4, -0.2) is 30.8 Å². The van der Waals surface area contributed by atoms with E-state index in [1.165, 1.54) is 18.5 Å². The molecule has 0 unspecified atom stereocenters. The summed E-state index contributed by atoms with van der Waals surface area (Å²) in [6.45, 7) is 1.90. The first-order valence-corrected chi connectivity index (χ1v) is 10.5. The van der Waals surface area contributed by atoms with E-state index in [1.54, 1.807) is 6.07 Å². The molecule has 4 rings (SSSR count). The number of hydrogen-bond donors (Lipinski definition) is 2. The number of hydrogen-bond acceptors (Lipinski definition) is 6. The number of rotatable bonds is 3. The van der Waals surface area contributed by atoms with Gasteiger partial charge in [0.15, 0.2) is 0 Å². The number of nitrogens with zero attached hydrogens (tertiary/aromatic N) is 3. The van der Waals surface area contributed by atoms with Gasteiger partial charge in [0.1, 0.15) is 23.7 Å². The molecular weight excluding hydrogens is 367 g/mol. The highest BCUT2D eigenvalue weighted by Gasteiger charge is 2.17. The SMILES string of the molecule is Cc1cc(N=S2(=O)CCCC2)cc2ncnc(Nc3ccc(F)cc3O)c12. The van der Waals surface area contributed by atoms with Crippen LogP contribution in [0.3, 0.4) is 0 Å². The monoisotopic (exact) mass is 386 g/mol. The maximum absolute atomic E-state index is 13.2. The van der Waals surface area contributed by atoms with Gasteiger partial charge in [0.05, 0.1) is 26.6 Å². The van der Waals surface area contributed by atoms with E-state index < -0.39 is 15.5 Å². The van der Waals surface area contributed by atoms with Crippen molar-refractivity contribution in [2.45, 2.75) is 19.8 Å². The fourth-order valence-electron chi connectivity index (χ4n) is 3.30. The Morgan fingerprint density at radius 3 is 2.70 bits per heavy atom. The van der Waals surface area contributed by atoms with Gasteiger partial charge in [-0.05, 0) is 49.6 Å². The Labute approximate surface area is 156 Å². The van der Waals surface area contributed by atoms with E-state index >= 15 is 0 Å². The Bertz CT molecular complexity index is 1140. The van der Waals surface area contributed by atoms with Crippen LogP contribution in [-0.2, 0) is 9.73 Å². The second kappa shape index (κ2) is 6.77. The summed E-state index contributed by atoms with van der Waals surface area (Å²) in [5, 5.41) is 13.7. The van der Waals surface area contributed by atoms with Gasteiger partial charge < -0.3 is 10.4 Å². The number of halogens is 1. The molecule has 0 radical (unpaired) electrons. The topological polar surface area (TPSA) is 87.5 Å². The van der Waals surface area contributed by atoms with Crippen molar-refractivity contribution in [1.82, 2.24) is 9.97 Å². The molecule has 2 aromatic carbocycles. The summed E-state index contributed by atoms with van der Waals surface area (Å²) in [4.78, 5) is 8.57. The summed E-state index contributed by atoms with van der Waals surface area (Å²) >= 11 is 0. The molecule has 0 aliphatic carbocycles. The molecule has 3 aromatic rings. The van der Waals surface area contributed by atoms with Gasteiger partial charge in [-0.25, -0.2) is 18.6 Å². The molecule has 27 heavy (non-hydrogen) atoms. The standard InChI is InChI=1S/C19H19FN4O2S/c1-12-8-14(24-27(26)6-2-3-7-27)10-16-18(12)19(22-11-21-16)23-15-5-4-13(20)9-17(15)25/h4-5,8-11,25H,2-3,6-7H2,1H3,(H,21,22,23). The lowest BCUT2D eigenvalue weighted by molar-refractivity contribution is 0.471.